The maximum absolute atomic E-state index is 12.1. The number of hydrogen-bond acceptors (Lipinski definition) is 1. The molecule has 0 fully saturated rings. The molecule has 118 valence electrons. The van der Waals surface area contributed by atoms with Gasteiger partial charge in [0.05, 0.1) is 0 Å². The van der Waals surface area contributed by atoms with Crippen molar-refractivity contribution in [3.05, 3.63) is 70.4 Å². The molecule has 0 unspecified atom stereocenters. The Hall–Kier alpha value is -2.26. The van der Waals surface area contributed by atoms with Crippen LogP contribution in [0, 0.1) is 6.92 Å². The molecule has 0 saturated heterocycles. The number of hydrogen-bond donors (Lipinski definition) is 0. The maximum Gasteiger partial charge on any atom is 0.253 e. The van der Waals surface area contributed by atoms with Crippen LogP contribution < -0.4 is 0 Å². The van der Waals surface area contributed by atoms with Crippen LogP contribution in [-0.2, 0) is 6.54 Å². The number of halogens is 1. The quantitative estimate of drug-likeness (QED) is 0.702. The number of aryl methyl sites for hydroxylation is 1. The summed E-state index contributed by atoms with van der Waals surface area (Å²) in [6, 6.07) is 15.9. The summed E-state index contributed by atoms with van der Waals surface area (Å²) in [4.78, 5) is 13.7. The van der Waals surface area contributed by atoms with Crippen LogP contribution in [0.5, 0.6) is 0 Å². The van der Waals surface area contributed by atoms with Crippen molar-refractivity contribution in [2.45, 2.75) is 13.5 Å². The summed E-state index contributed by atoms with van der Waals surface area (Å²) in [5.74, 6) is 0.0232. The molecule has 0 aliphatic heterocycles. The number of carbonyl (C=O) groups excluding carboxylic acids is 1. The Labute approximate surface area is 141 Å². The summed E-state index contributed by atoms with van der Waals surface area (Å²) in [7, 11) is 3.53. The van der Waals surface area contributed by atoms with Crippen LogP contribution in [0.15, 0.2) is 48.5 Å². The summed E-state index contributed by atoms with van der Waals surface area (Å²) >= 11 is 5.95. The maximum atomic E-state index is 12.1. The van der Waals surface area contributed by atoms with Crippen molar-refractivity contribution in [3.63, 3.8) is 0 Å². The van der Waals surface area contributed by atoms with Gasteiger partial charge in [-0.15, -0.1) is 0 Å². The summed E-state index contributed by atoms with van der Waals surface area (Å²) in [5.41, 5.74) is 4.21. The fourth-order valence-electron chi connectivity index (χ4n) is 2.78. The predicted octanol–water partition coefficient (Wildman–Crippen LogP) is 4.35. The lowest BCUT2D eigenvalue weighted by atomic mass is 10.1. The molecule has 0 radical (unpaired) electrons. The molecule has 0 saturated carbocycles. The van der Waals surface area contributed by atoms with Gasteiger partial charge in [-0.05, 0) is 48.9 Å². The molecule has 3 rings (SSSR count). The van der Waals surface area contributed by atoms with Crippen molar-refractivity contribution in [2.24, 2.45) is 0 Å². The van der Waals surface area contributed by atoms with Crippen LogP contribution in [0.25, 0.3) is 10.9 Å². The third-order valence-electron chi connectivity index (χ3n) is 4.02. The number of amides is 1. The summed E-state index contributed by atoms with van der Waals surface area (Å²) in [6.45, 7) is 2.87. The number of fused-ring (bicyclic) bond motifs is 1. The van der Waals surface area contributed by atoms with Crippen molar-refractivity contribution in [3.8, 4) is 0 Å². The Balaban J connectivity index is 2.00. The number of nitrogens with zero attached hydrogens (tertiary/aromatic N) is 2. The van der Waals surface area contributed by atoms with Crippen molar-refractivity contribution in [2.75, 3.05) is 14.1 Å². The molecule has 0 atom stereocenters. The van der Waals surface area contributed by atoms with E-state index in [1.165, 1.54) is 11.3 Å². The molecule has 23 heavy (non-hydrogen) atoms. The van der Waals surface area contributed by atoms with E-state index in [9.17, 15) is 4.79 Å². The van der Waals surface area contributed by atoms with Crippen molar-refractivity contribution < 1.29 is 4.79 Å². The molecule has 2 aromatic carbocycles. The van der Waals surface area contributed by atoms with E-state index >= 15 is 0 Å². The number of aromatic nitrogens is 1. The van der Waals surface area contributed by atoms with Gasteiger partial charge in [-0.1, -0.05) is 23.7 Å². The molecule has 1 heterocycles. The summed E-state index contributed by atoms with van der Waals surface area (Å²) in [5, 5.41) is 1.83. The first-order chi connectivity index (χ1) is 11.0. The van der Waals surface area contributed by atoms with Gasteiger partial charge in [-0.2, -0.15) is 0 Å². The van der Waals surface area contributed by atoms with Gasteiger partial charge in [0.2, 0.25) is 0 Å². The van der Waals surface area contributed by atoms with E-state index in [-0.39, 0.29) is 5.91 Å². The molecular formula is C19H19ClN2O. The highest BCUT2D eigenvalue weighted by atomic mass is 35.5. The average molecular weight is 327 g/mol. The minimum atomic E-state index is 0.0232. The third kappa shape index (κ3) is 3.10. The molecule has 1 aromatic heterocycles. The first kappa shape index (κ1) is 15.6. The highest BCUT2D eigenvalue weighted by Gasteiger charge is 2.12. The Morgan fingerprint density at radius 3 is 2.43 bits per heavy atom. The predicted molar refractivity (Wildman–Crippen MR) is 95.2 cm³/mol. The van der Waals surface area contributed by atoms with Crippen LogP contribution in [0.1, 0.15) is 21.6 Å². The van der Waals surface area contributed by atoms with Crippen LogP contribution in [-0.4, -0.2) is 29.5 Å². The van der Waals surface area contributed by atoms with E-state index < -0.39 is 0 Å². The van der Waals surface area contributed by atoms with Gasteiger partial charge < -0.3 is 9.47 Å². The highest BCUT2D eigenvalue weighted by Crippen LogP contribution is 2.23. The number of benzene rings is 2. The minimum absolute atomic E-state index is 0.0232. The van der Waals surface area contributed by atoms with E-state index in [0.717, 1.165) is 22.5 Å². The molecule has 0 aliphatic rings. The van der Waals surface area contributed by atoms with Gasteiger partial charge in [0, 0.05) is 47.8 Å². The second-order valence-corrected chi connectivity index (χ2v) is 6.41. The fraction of sp³-hybridized carbons (Fsp3) is 0.211. The minimum Gasteiger partial charge on any atom is -0.345 e. The van der Waals surface area contributed by atoms with Gasteiger partial charge in [-0.3, -0.25) is 4.79 Å². The zero-order valence-corrected chi connectivity index (χ0v) is 14.3. The Morgan fingerprint density at radius 2 is 1.78 bits per heavy atom. The Kier molecular flexibility index (Phi) is 4.14. The van der Waals surface area contributed by atoms with Gasteiger partial charge in [0.1, 0.15) is 0 Å². The molecule has 3 nitrogen and oxygen atoms in total. The van der Waals surface area contributed by atoms with Gasteiger partial charge in [-0.25, -0.2) is 0 Å². The number of rotatable bonds is 3. The van der Waals surface area contributed by atoms with E-state index in [4.69, 9.17) is 11.6 Å². The van der Waals surface area contributed by atoms with Crippen LogP contribution in [0.3, 0.4) is 0 Å². The highest BCUT2D eigenvalue weighted by molar-refractivity contribution is 6.30. The van der Waals surface area contributed by atoms with Crippen LogP contribution in [0.2, 0.25) is 5.02 Å². The van der Waals surface area contributed by atoms with Crippen LogP contribution in [0.4, 0.5) is 0 Å². The summed E-state index contributed by atoms with van der Waals surface area (Å²) in [6.07, 6.45) is 0. The molecule has 0 bridgehead atoms. The second-order valence-electron chi connectivity index (χ2n) is 5.97. The van der Waals surface area contributed by atoms with Gasteiger partial charge in [0.15, 0.2) is 0 Å². The van der Waals surface area contributed by atoms with E-state index in [0.29, 0.717) is 5.56 Å². The van der Waals surface area contributed by atoms with Gasteiger partial charge >= 0.3 is 0 Å². The van der Waals surface area contributed by atoms with Crippen molar-refractivity contribution in [1.82, 2.24) is 9.47 Å². The zero-order valence-electron chi connectivity index (χ0n) is 13.5. The standard InChI is InChI=1S/C19H19ClN2O/c1-13-10-16-11-15(19(23)21(2)3)6-9-18(16)22(13)12-14-4-7-17(20)8-5-14/h4-11H,12H2,1-3H3. The second kappa shape index (κ2) is 6.09. The summed E-state index contributed by atoms with van der Waals surface area (Å²) < 4.78 is 2.25. The monoisotopic (exact) mass is 326 g/mol. The zero-order chi connectivity index (χ0) is 16.6. The van der Waals surface area contributed by atoms with Crippen LogP contribution >= 0.6 is 11.6 Å². The smallest absolute Gasteiger partial charge is 0.253 e. The molecule has 1 amide bonds. The molecular weight excluding hydrogens is 308 g/mol. The average Bonchev–Trinajstić information content (AvgIpc) is 2.83. The first-order valence-corrected chi connectivity index (χ1v) is 7.89. The van der Waals surface area contributed by atoms with Crippen molar-refractivity contribution >= 4 is 28.4 Å². The third-order valence-corrected chi connectivity index (χ3v) is 4.27. The Bertz CT molecular complexity index is 863. The van der Waals surface area contributed by atoms with Gasteiger partial charge in [0.25, 0.3) is 5.91 Å². The van der Waals surface area contributed by atoms with E-state index in [2.05, 4.69) is 17.6 Å². The topological polar surface area (TPSA) is 25.2 Å². The molecule has 0 spiro atoms. The molecule has 3 aromatic rings. The fourth-order valence-corrected chi connectivity index (χ4v) is 2.91. The largest absolute Gasteiger partial charge is 0.345 e. The Morgan fingerprint density at radius 1 is 1.09 bits per heavy atom. The SMILES string of the molecule is Cc1cc2cc(C(=O)N(C)C)ccc2n1Cc1ccc(Cl)cc1. The molecule has 0 aliphatic carbocycles. The van der Waals surface area contributed by atoms with E-state index in [1.54, 1.807) is 19.0 Å². The first-order valence-electron chi connectivity index (χ1n) is 7.51. The lowest BCUT2D eigenvalue weighted by molar-refractivity contribution is 0.0828. The number of carbonyl (C=O) groups is 1. The van der Waals surface area contributed by atoms with E-state index in [1.807, 2.05) is 42.5 Å². The lowest BCUT2D eigenvalue weighted by Gasteiger charge is -2.11. The molecule has 4 heteroatoms. The normalized spacial score (nSPS) is 11.0. The van der Waals surface area contributed by atoms with Crippen molar-refractivity contribution in [1.29, 1.82) is 0 Å². The molecule has 0 N–H and O–H groups in total. The lowest BCUT2D eigenvalue weighted by Crippen LogP contribution is -2.21.